The molecule has 0 spiro atoms. The molecule has 1 saturated heterocycles. The number of fused-ring (bicyclic) bond motifs is 2. The summed E-state index contributed by atoms with van der Waals surface area (Å²) in [4.78, 5) is 13.4. The van der Waals surface area contributed by atoms with Crippen molar-refractivity contribution in [1.82, 2.24) is 0 Å². The number of rotatable bonds is 2. The molecule has 23 heavy (non-hydrogen) atoms. The van der Waals surface area contributed by atoms with Gasteiger partial charge in [0.25, 0.3) is 0 Å². The van der Waals surface area contributed by atoms with Crippen LogP contribution in [0.1, 0.15) is 37.0 Å². The molecular weight excluding hydrogens is 290 g/mol. The standard InChI is InChI=1S/C19H23NO3/c1-12-9-20(10-13(2)22-12)11-16-8-19(21)23-18-7-15-5-3-4-14(15)6-17(16)18/h6-8,12-13H,3-5,9-11H2,1-2H3/p+1/t12-,13-/m1/s1. The molecule has 1 N–H and O–H groups in total. The molecule has 0 radical (unpaired) electrons. The Morgan fingerprint density at radius 3 is 2.52 bits per heavy atom. The van der Waals surface area contributed by atoms with E-state index in [2.05, 4.69) is 26.0 Å². The number of ether oxygens (including phenoxy) is 1. The topological polar surface area (TPSA) is 43.9 Å². The zero-order valence-corrected chi connectivity index (χ0v) is 13.9. The van der Waals surface area contributed by atoms with Gasteiger partial charge in [0.15, 0.2) is 0 Å². The van der Waals surface area contributed by atoms with Crippen molar-refractivity contribution < 1.29 is 14.1 Å². The van der Waals surface area contributed by atoms with Gasteiger partial charge < -0.3 is 14.1 Å². The van der Waals surface area contributed by atoms with Gasteiger partial charge >= 0.3 is 5.63 Å². The molecule has 2 heterocycles. The van der Waals surface area contributed by atoms with Gasteiger partial charge in [-0.3, -0.25) is 0 Å². The third-order valence-corrected chi connectivity index (χ3v) is 5.10. The van der Waals surface area contributed by atoms with Gasteiger partial charge in [-0.25, -0.2) is 4.79 Å². The fourth-order valence-corrected chi connectivity index (χ4v) is 4.24. The van der Waals surface area contributed by atoms with Crippen LogP contribution in [0.2, 0.25) is 0 Å². The first-order chi connectivity index (χ1) is 11.1. The fraction of sp³-hybridized carbons (Fsp3) is 0.526. The Kier molecular flexibility index (Phi) is 3.74. The molecule has 1 aromatic carbocycles. The molecule has 4 nitrogen and oxygen atoms in total. The molecule has 0 amide bonds. The predicted molar refractivity (Wildman–Crippen MR) is 88.9 cm³/mol. The molecule has 1 aliphatic carbocycles. The van der Waals surface area contributed by atoms with E-state index < -0.39 is 0 Å². The smallest absolute Gasteiger partial charge is 0.336 e. The zero-order chi connectivity index (χ0) is 16.0. The van der Waals surface area contributed by atoms with E-state index in [4.69, 9.17) is 9.15 Å². The van der Waals surface area contributed by atoms with Gasteiger partial charge in [-0.05, 0) is 56.4 Å². The lowest BCUT2D eigenvalue weighted by Gasteiger charge is -2.32. The largest absolute Gasteiger partial charge is 0.423 e. The number of hydrogen-bond donors (Lipinski definition) is 1. The summed E-state index contributed by atoms with van der Waals surface area (Å²) in [5, 5.41) is 1.12. The maximum Gasteiger partial charge on any atom is 0.336 e. The highest BCUT2D eigenvalue weighted by Crippen LogP contribution is 2.28. The monoisotopic (exact) mass is 314 g/mol. The lowest BCUT2D eigenvalue weighted by Crippen LogP contribution is -3.14. The van der Waals surface area contributed by atoms with Crippen LogP contribution in [0.3, 0.4) is 0 Å². The van der Waals surface area contributed by atoms with E-state index in [0.29, 0.717) is 0 Å². The highest BCUT2D eigenvalue weighted by Gasteiger charge is 2.26. The summed E-state index contributed by atoms with van der Waals surface area (Å²) in [6.45, 7) is 7.08. The summed E-state index contributed by atoms with van der Waals surface area (Å²) in [6.07, 6.45) is 3.98. The lowest BCUT2D eigenvalue weighted by atomic mass is 10.0. The molecule has 1 aliphatic heterocycles. The van der Waals surface area contributed by atoms with Crippen LogP contribution < -0.4 is 10.5 Å². The van der Waals surface area contributed by atoms with Crippen LogP contribution in [0.5, 0.6) is 0 Å². The van der Waals surface area contributed by atoms with Gasteiger partial charge in [0.2, 0.25) is 0 Å². The van der Waals surface area contributed by atoms with Crippen molar-refractivity contribution in [3.05, 3.63) is 45.3 Å². The van der Waals surface area contributed by atoms with Crippen LogP contribution in [0.25, 0.3) is 11.0 Å². The Labute approximate surface area is 136 Å². The van der Waals surface area contributed by atoms with Crippen LogP contribution in [-0.2, 0) is 24.1 Å². The summed E-state index contributed by atoms with van der Waals surface area (Å²) in [7, 11) is 0. The van der Waals surface area contributed by atoms with Crippen molar-refractivity contribution in [2.45, 2.75) is 51.9 Å². The zero-order valence-electron chi connectivity index (χ0n) is 13.9. The normalized spacial score (nSPS) is 27.3. The molecule has 0 unspecified atom stereocenters. The first kappa shape index (κ1) is 14.9. The molecule has 4 rings (SSSR count). The molecule has 2 aliphatic rings. The summed E-state index contributed by atoms with van der Waals surface area (Å²) in [6, 6.07) is 6.02. The number of nitrogens with one attached hydrogen (secondary N) is 1. The van der Waals surface area contributed by atoms with Crippen molar-refractivity contribution in [2.75, 3.05) is 13.1 Å². The van der Waals surface area contributed by atoms with Crippen LogP contribution in [0.4, 0.5) is 0 Å². The number of aryl methyl sites for hydroxylation is 2. The van der Waals surface area contributed by atoms with Gasteiger partial charge in [-0.15, -0.1) is 0 Å². The molecule has 1 aromatic heterocycles. The number of benzene rings is 1. The second kappa shape index (κ2) is 5.77. The maximum absolute atomic E-state index is 12.0. The van der Waals surface area contributed by atoms with Crippen LogP contribution >= 0.6 is 0 Å². The fourth-order valence-electron chi connectivity index (χ4n) is 4.24. The molecule has 2 aromatic rings. The molecule has 0 bridgehead atoms. The Hall–Kier alpha value is -1.65. The van der Waals surface area contributed by atoms with Crippen LogP contribution in [-0.4, -0.2) is 25.3 Å². The minimum Gasteiger partial charge on any atom is -0.423 e. The van der Waals surface area contributed by atoms with Gasteiger partial charge in [-0.1, -0.05) is 0 Å². The van der Waals surface area contributed by atoms with Gasteiger partial charge in [-0.2, -0.15) is 0 Å². The SMILES string of the molecule is C[C@@H]1C[NH+](Cc2cc(=O)oc3cc4c(cc23)CCC4)C[C@@H](C)O1. The van der Waals surface area contributed by atoms with E-state index in [-0.39, 0.29) is 17.8 Å². The van der Waals surface area contributed by atoms with Crippen LogP contribution in [0, 0.1) is 0 Å². The van der Waals surface area contributed by atoms with Gasteiger partial charge in [0.1, 0.15) is 37.4 Å². The maximum atomic E-state index is 12.0. The summed E-state index contributed by atoms with van der Waals surface area (Å²) in [5.74, 6) is 0. The molecule has 0 saturated carbocycles. The van der Waals surface area contributed by atoms with E-state index in [1.807, 2.05) is 0 Å². The average Bonchev–Trinajstić information content (AvgIpc) is 2.91. The van der Waals surface area contributed by atoms with E-state index in [1.54, 1.807) is 6.07 Å². The summed E-state index contributed by atoms with van der Waals surface area (Å²) >= 11 is 0. The number of hydrogen-bond acceptors (Lipinski definition) is 3. The van der Waals surface area contributed by atoms with Gasteiger partial charge in [0, 0.05) is 17.0 Å². The number of quaternary nitrogens is 1. The predicted octanol–water partition coefficient (Wildman–Crippen LogP) is 1.47. The van der Waals surface area contributed by atoms with Crippen molar-refractivity contribution in [2.24, 2.45) is 0 Å². The lowest BCUT2D eigenvalue weighted by molar-refractivity contribution is -0.928. The first-order valence-electron chi connectivity index (χ1n) is 8.66. The molecule has 1 fully saturated rings. The third-order valence-electron chi connectivity index (χ3n) is 5.10. The second-order valence-corrected chi connectivity index (χ2v) is 7.15. The Morgan fingerprint density at radius 1 is 1.09 bits per heavy atom. The molecular formula is C19H24NO3+. The quantitative estimate of drug-likeness (QED) is 0.854. The van der Waals surface area contributed by atoms with Crippen molar-refractivity contribution >= 4 is 11.0 Å². The number of morpholine rings is 1. The average molecular weight is 314 g/mol. The van der Waals surface area contributed by atoms with E-state index in [9.17, 15) is 4.79 Å². The molecule has 2 atom stereocenters. The summed E-state index contributed by atoms with van der Waals surface area (Å²) < 4.78 is 11.3. The summed E-state index contributed by atoms with van der Waals surface area (Å²) in [5.41, 5.74) is 4.40. The third kappa shape index (κ3) is 2.93. The Balaban J connectivity index is 1.72. The molecule has 4 heteroatoms. The highest BCUT2D eigenvalue weighted by molar-refractivity contribution is 5.82. The van der Waals surface area contributed by atoms with Crippen molar-refractivity contribution in [3.8, 4) is 0 Å². The van der Waals surface area contributed by atoms with Gasteiger partial charge in [0.05, 0.1) is 0 Å². The Morgan fingerprint density at radius 2 is 1.78 bits per heavy atom. The van der Waals surface area contributed by atoms with Crippen molar-refractivity contribution in [1.29, 1.82) is 0 Å². The van der Waals surface area contributed by atoms with E-state index in [0.717, 1.165) is 49.0 Å². The minimum absolute atomic E-state index is 0.237. The van der Waals surface area contributed by atoms with E-state index in [1.165, 1.54) is 22.4 Å². The minimum atomic E-state index is -0.237. The first-order valence-corrected chi connectivity index (χ1v) is 8.66. The Bertz CT molecular complexity index is 785. The van der Waals surface area contributed by atoms with E-state index >= 15 is 0 Å². The highest BCUT2D eigenvalue weighted by atomic mass is 16.5. The van der Waals surface area contributed by atoms with Crippen molar-refractivity contribution in [3.63, 3.8) is 0 Å². The molecule has 122 valence electrons. The second-order valence-electron chi connectivity index (χ2n) is 7.15. The van der Waals surface area contributed by atoms with Crippen LogP contribution in [0.15, 0.2) is 27.4 Å².